The predicted molar refractivity (Wildman–Crippen MR) is 119 cm³/mol. The third-order valence-corrected chi connectivity index (χ3v) is 4.87. The minimum atomic E-state index is -0.517. The zero-order valence-electron chi connectivity index (χ0n) is 16.8. The van der Waals surface area contributed by atoms with Gasteiger partial charge in [0.25, 0.3) is 11.5 Å². The van der Waals surface area contributed by atoms with Gasteiger partial charge in [-0.2, -0.15) is 10.2 Å². The molecule has 3 aromatic carbocycles. The summed E-state index contributed by atoms with van der Waals surface area (Å²) in [5.41, 5.74) is 4.60. The van der Waals surface area contributed by atoms with Gasteiger partial charge in [-0.05, 0) is 48.4 Å². The summed E-state index contributed by atoms with van der Waals surface area (Å²) in [5, 5.41) is 18.8. The van der Waals surface area contributed by atoms with Crippen molar-refractivity contribution in [3.63, 3.8) is 0 Å². The number of phenolic OH excluding ortho intramolecular Hbond substituents is 1. The van der Waals surface area contributed by atoms with Crippen molar-refractivity contribution in [3.05, 3.63) is 106 Å². The highest BCUT2D eigenvalue weighted by Crippen LogP contribution is 2.14. The summed E-state index contributed by atoms with van der Waals surface area (Å²) in [4.78, 5) is 25.8. The Morgan fingerprint density at radius 3 is 2.32 bits per heavy atom. The van der Waals surface area contributed by atoms with Crippen molar-refractivity contribution in [1.29, 1.82) is 0 Å². The fourth-order valence-corrected chi connectivity index (χ4v) is 3.22. The average Bonchev–Trinajstić information content (AvgIpc) is 2.80. The Labute approximate surface area is 178 Å². The number of aromatic hydroxyl groups is 1. The SMILES string of the molecule is C/C(=N\NC(=O)c1nn(Cc2ccccc2)c(=O)c2ccccc12)c1ccc(O)cc1. The Hall–Kier alpha value is -4.26. The smallest absolute Gasteiger partial charge is 0.292 e. The van der Waals surface area contributed by atoms with Crippen molar-refractivity contribution in [2.75, 3.05) is 0 Å². The first kappa shape index (κ1) is 20.0. The maximum absolute atomic E-state index is 12.9. The van der Waals surface area contributed by atoms with Gasteiger partial charge in [0.05, 0.1) is 17.6 Å². The van der Waals surface area contributed by atoms with E-state index in [9.17, 15) is 14.7 Å². The highest BCUT2D eigenvalue weighted by atomic mass is 16.3. The van der Waals surface area contributed by atoms with Gasteiger partial charge < -0.3 is 5.11 Å². The van der Waals surface area contributed by atoms with Crippen LogP contribution in [0.15, 0.2) is 88.8 Å². The lowest BCUT2D eigenvalue weighted by Crippen LogP contribution is -2.29. The van der Waals surface area contributed by atoms with Crippen molar-refractivity contribution in [3.8, 4) is 5.75 Å². The molecule has 7 nitrogen and oxygen atoms in total. The Morgan fingerprint density at radius 1 is 0.968 bits per heavy atom. The number of hydrogen-bond acceptors (Lipinski definition) is 5. The first-order valence-electron chi connectivity index (χ1n) is 9.71. The largest absolute Gasteiger partial charge is 0.508 e. The lowest BCUT2D eigenvalue weighted by atomic mass is 10.1. The second kappa shape index (κ2) is 8.62. The maximum atomic E-state index is 12.9. The van der Waals surface area contributed by atoms with Gasteiger partial charge in [0.1, 0.15) is 5.75 Å². The summed E-state index contributed by atoms with van der Waals surface area (Å²) in [7, 11) is 0. The molecule has 0 radical (unpaired) electrons. The molecule has 4 aromatic rings. The van der Waals surface area contributed by atoms with Gasteiger partial charge in [0.15, 0.2) is 5.69 Å². The quantitative estimate of drug-likeness (QED) is 0.388. The Balaban J connectivity index is 1.69. The molecule has 0 fully saturated rings. The number of benzene rings is 3. The zero-order valence-corrected chi connectivity index (χ0v) is 16.8. The Morgan fingerprint density at radius 2 is 1.61 bits per heavy atom. The van der Waals surface area contributed by atoms with Crippen molar-refractivity contribution in [1.82, 2.24) is 15.2 Å². The van der Waals surface area contributed by atoms with E-state index in [1.165, 1.54) is 4.68 Å². The number of carbonyl (C=O) groups is 1. The first-order chi connectivity index (χ1) is 15.0. The van der Waals surface area contributed by atoms with Crippen LogP contribution in [0.1, 0.15) is 28.5 Å². The molecule has 154 valence electrons. The minimum Gasteiger partial charge on any atom is -0.508 e. The fourth-order valence-electron chi connectivity index (χ4n) is 3.22. The molecule has 4 rings (SSSR count). The molecular formula is C24H20N4O3. The van der Waals surface area contributed by atoms with Crippen LogP contribution in [-0.4, -0.2) is 26.5 Å². The summed E-state index contributed by atoms with van der Waals surface area (Å²) in [6, 6.07) is 22.8. The van der Waals surface area contributed by atoms with Gasteiger partial charge in [0.2, 0.25) is 0 Å². The molecule has 1 amide bonds. The van der Waals surface area contributed by atoms with E-state index >= 15 is 0 Å². The number of nitrogens with one attached hydrogen (secondary N) is 1. The molecular weight excluding hydrogens is 392 g/mol. The van der Waals surface area contributed by atoms with Gasteiger partial charge in [-0.15, -0.1) is 0 Å². The van der Waals surface area contributed by atoms with Crippen LogP contribution in [0.4, 0.5) is 0 Å². The number of carbonyl (C=O) groups excluding carboxylic acids is 1. The average molecular weight is 412 g/mol. The van der Waals surface area contributed by atoms with Crippen LogP contribution in [0, 0.1) is 0 Å². The summed E-state index contributed by atoms with van der Waals surface area (Å²) >= 11 is 0. The molecule has 0 saturated heterocycles. The van der Waals surface area contributed by atoms with Crippen LogP contribution in [0.2, 0.25) is 0 Å². The van der Waals surface area contributed by atoms with E-state index in [1.54, 1.807) is 55.5 Å². The molecule has 1 aromatic heterocycles. The van der Waals surface area contributed by atoms with Crippen LogP contribution < -0.4 is 11.0 Å². The normalized spacial score (nSPS) is 11.5. The molecule has 0 saturated carbocycles. The second-order valence-corrected chi connectivity index (χ2v) is 7.03. The number of rotatable bonds is 5. The number of phenols is 1. The molecule has 2 N–H and O–H groups in total. The number of hydrogen-bond donors (Lipinski definition) is 2. The highest BCUT2D eigenvalue weighted by molar-refractivity contribution is 6.06. The lowest BCUT2D eigenvalue weighted by molar-refractivity contribution is 0.0949. The maximum Gasteiger partial charge on any atom is 0.292 e. The standard InChI is InChI=1S/C24H20N4O3/c1-16(18-11-13-19(29)14-12-18)25-26-23(30)22-20-9-5-6-10-21(20)24(31)28(27-22)15-17-7-3-2-4-8-17/h2-14,29H,15H2,1H3,(H,26,30)/b25-16+. The summed E-state index contributed by atoms with van der Waals surface area (Å²) < 4.78 is 1.29. The van der Waals surface area contributed by atoms with Crippen LogP contribution in [0.5, 0.6) is 5.75 Å². The molecule has 0 bridgehead atoms. The van der Waals surface area contributed by atoms with Crippen LogP contribution >= 0.6 is 0 Å². The zero-order chi connectivity index (χ0) is 21.8. The van der Waals surface area contributed by atoms with Crippen molar-refractivity contribution in [2.24, 2.45) is 5.10 Å². The number of aromatic nitrogens is 2. The summed E-state index contributed by atoms with van der Waals surface area (Å²) in [6.07, 6.45) is 0. The third kappa shape index (κ3) is 4.35. The minimum absolute atomic E-state index is 0.119. The van der Waals surface area contributed by atoms with Crippen LogP contribution in [0.25, 0.3) is 10.8 Å². The van der Waals surface area contributed by atoms with E-state index in [1.807, 2.05) is 30.3 Å². The molecule has 0 unspecified atom stereocenters. The molecule has 0 spiro atoms. The van der Waals surface area contributed by atoms with E-state index < -0.39 is 5.91 Å². The number of fused-ring (bicyclic) bond motifs is 1. The van der Waals surface area contributed by atoms with Crippen molar-refractivity contribution >= 4 is 22.4 Å². The van der Waals surface area contributed by atoms with E-state index in [0.717, 1.165) is 11.1 Å². The van der Waals surface area contributed by atoms with Crippen molar-refractivity contribution < 1.29 is 9.90 Å². The van der Waals surface area contributed by atoms with Crippen LogP contribution in [-0.2, 0) is 6.54 Å². The summed E-state index contributed by atoms with van der Waals surface area (Å²) in [6.45, 7) is 2.00. The molecule has 0 aliphatic rings. The van der Waals surface area contributed by atoms with E-state index in [2.05, 4.69) is 15.6 Å². The summed E-state index contributed by atoms with van der Waals surface area (Å²) in [5.74, 6) is -0.368. The fraction of sp³-hybridized carbons (Fsp3) is 0.0833. The predicted octanol–water partition coefficient (Wildman–Crippen LogP) is 3.30. The highest BCUT2D eigenvalue weighted by Gasteiger charge is 2.16. The molecule has 0 atom stereocenters. The van der Waals surface area contributed by atoms with Gasteiger partial charge in [-0.1, -0.05) is 48.5 Å². The Kier molecular flexibility index (Phi) is 5.57. The number of nitrogens with zero attached hydrogens (tertiary/aromatic N) is 3. The molecule has 0 aliphatic carbocycles. The van der Waals surface area contributed by atoms with Crippen molar-refractivity contribution in [2.45, 2.75) is 13.5 Å². The topological polar surface area (TPSA) is 96.6 Å². The van der Waals surface area contributed by atoms with E-state index in [-0.39, 0.29) is 23.5 Å². The number of amides is 1. The van der Waals surface area contributed by atoms with E-state index in [4.69, 9.17) is 0 Å². The third-order valence-electron chi connectivity index (χ3n) is 4.87. The van der Waals surface area contributed by atoms with Gasteiger partial charge >= 0.3 is 0 Å². The monoisotopic (exact) mass is 412 g/mol. The number of hydrazone groups is 1. The van der Waals surface area contributed by atoms with Crippen LogP contribution in [0.3, 0.4) is 0 Å². The first-order valence-corrected chi connectivity index (χ1v) is 9.71. The van der Waals surface area contributed by atoms with Gasteiger partial charge in [0, 0.05) is 5.39 Å². The van der Waals surface area contributed by atoms with E-state index in [0.29, 0.717) is 16.5 Å². The molecule has 1 heterocycles. The Bertz CT molecular complexity index is 1330. The van der Waals surface area contributed by atoms with Gasteiger partial charge in [-0.3, -0.25) is 9.59 Å². The van der Waals surface area contributed by atoms with Gasteiger partial charge in [-0.25, -0.2) is 10.1 Å². The second-order valence-electron chi connectivity index (χ2n) is 7.03. The molecule has 0 aliphatic heterocycles. The molecule has 7 heteroatoms. The lowest BCUT2D eigenvalue weighted by Gasteiger charge is -2.10. The molecule has 31 heavy (non-hydrogen) atoms.